The lowest BCUT2D eigenvalue weighted by Crippen LogP contribution is -2.06. The van der Waals surface area contributed by atoms with Gasteiger partial charge in [-0.25, -0.2) is 0 Å². The molecule has 0 atom stereocenters. The first-order valence-corrected chi connectivity index (χ1v) is 3.75. The summed E-state index contributed by atoms with van der Waals surface area (Å²) in [5.41, 5.74) is -0.898. The van der Waals surface area contributed by atoms with Gasteiger partial charge in [0.15, 0.2) is 0 Å². The van der Waals surface area contributed by atoms with Crippen LogP contribution in [0.3, 0.4) is 0 Å². The van der Waals surface area contributed by atoms with Crippen molar-refractivity contribution in [1.82, 2.24) is 0 Å². The van der Waals surface area contributed by atoms with Crippen molar-refractivity contribution in [3.8, 4) is 0 Å². The topological polar surface area (TPSA) is 17.1 Å². The van der Waals surface area contributed by atoms with Gasteiger partial charge >= 0.3 is 6.18 Å². The molecule has 0 amide bonds. The fraction of sp³-hybridized carbons (Fsp3) is 0.125. The Morgan fingerprint density at radius 3 is 2.38 bits per heavy atom. The van der Waals surface area contributed by atoms with Crippen molar-refractivity contribution in [2.45, 2.75) is 11.1 Å². The van der Waals surface area contributed by atoms with Gasteiger partial charge < -0.3 is 0 Å². The lowest BCUT2D eigenvalue weighted by molar-refractivity contribution is -0.139. The molecule has 1 aromatic rings. The number of alkyl halides is 3. The van der Waals surface area contributed by atoms with Crippen LogP contribution in [-0.2, 0) is 6.18 Å². The Kier molecular flexibility index (Phi) is 2.66. The Bertz CT molecular complexity index is 333. The summed E-state index contributed by atoms with van der Waals surface area (Å²) in [6.45, 7) is 0. The monoisotopic (exact) mass is 206 g/mol. The van der Waals surface area contributed by atoms with E-state index < -0.39 is 11.7 Å². The fourth-order valence-electron chi connectivity index (χ4n) is 0.854. The second-order valence-corrected chi connectivity index (χ2v) is 2.87. The van der Waals surface area contributed by atoms with Gasteiger partial charge in [-0.2, -0.15) is 13.2 Å². The van der Waals surface area contributed by atoms with Crippen LogP contribution >= 0.6 is 12.6 Å². The lowest BCUT2D eigenvalue weighted by Gasteiger charge is -2.09. The zero-order valence-electron chi connectivity index (χ0n) is 6.30. The standard InChI is InChI=1S/C8H5F3OS/c9-8(10,11)6-3-5(4-12)1-2-7(6)13/h1-4,13H. The highest BCUT2D eigenvalue weighted by molar-refractivity contribution is 7.80. The smallest absolute Gasteiger partial charge is 0.298 e. The number of hydrogen-bond acceptors (Lipinski definition) is 2. The number of thiol groups is 1. The van der Waals surface area contributed by atoms with Crippen LogP contribution in [0.1, 0.15) is 15.9 Å². The molecule has 0 aliphatic heterocycles. The average Bonchev–Trinajstić information content (AvgIpc) is 2.03. The predicted molar refractivity (Wildman–Crippen MR) is 44.1 cm³/mol. The van der Waals surface area contributed by atoms with Gasteiger partial charge in [0.05, 0.1) is 5.56 Å². The highest BCUT2D eigenvalue weighted by Crippen LogP contribution is 2.33. The van der Waals surface area contributed by atoms with Crippen molar-refractivity contribution < 1.29 is 18.0 Å². The molecule has 5 heteroatoms. The first kappa shape index (κ1) is 10.1. The first-order valence-electron chi connectivity index (χ1n) is 3.30. The van der Waals surface area contributed by atoms with E-state index in [-0.39, 0.29) is 10.5 Å². The fourth-order valence-corrected chi connectivity index (χ4v) is 1.12. The van der Waals surface area contributed by atoms with Gasteiger partial charge in [-0.1, -0.05) is 6.07 Å². The summed E-state index contributed by atoms with van der Waals surface area (Å²) in [5, 5.41) is 0. The molecule has 0 spiro atoms. The molecular formula is C8H5F3OS. The molecule has 0 bridgehead atoms. The zero-order valence-corrected chi connectivity index (χ0v) is 7.19. The summed E-state index contributed by atoms with van der Waals surface area (Å²) < 4.78 is 36.6. The maximum absolute atomic E-state index is 12.2. The van der Waals surface area contributed by atoms with E-state index in [0.717, 1.165) is 12.1 Å². The minimum atomic E-state index is -4.46. The Balaban J connectivity index is 3.27. The zero-order chi connectivity index (χ0) is 10.1. The highest BCUT2D eigenvalue weighted by atomic mass is 32.1. The van der Waals surface area contributed by atoms with Crippen LogP contribution in [0.15, 0.2) is 23.1 Å². The molecule has 0 N–H and O–H groups in total. The Morgan fingerprint density at radius 2 is 1.92 bits per heavy atom. The molecule has 0 unspecified atom stereocenters. The van der Waals surface area contributed by atoms with Crippen molar-refractivity contribution >= 4 is 18.9 Å². The Morgan fingerprint density at radius 1 is 1.31 bits per heavy atom. The van der Waals surface area contributed by atoms with Crippen molar-refractivity contribution in [2.24, 2.45) is 0 Å². The van der Waals surface area contributed by atoms with Crippen LogP contribution in [0.25, 0.3) is 0 Å². The molecule has 0 aliphatic carbocycles. The summed E-state index contributed by atoms with van der Waals surface area (Å²) in [7, 11) is 0. The van der Waals surface area contributed by atoms with Crippen LogP contribution in [0, 0.1) is 0 Å². The number of aldehydes is 1. The van der Waals surface area contributed by atoms with Gasteiger partial charge in [0.25, 0.3) is 0 Å². The molecule has 0 aromatic heterocycles. The van der Waals surface area contributed by atoms with Gasteiger partial charge in [-0.05, 0) is 12.1 Å². The van der Waals surface area contributed by atoms with Crippen molar-refractivity contribution in [3.05, 3.63) is 29.3 Å². The molecular weight excluding hydrogens is 201 g/mol. The van der Waals surface area contributed by atoms with Gasteiger partial charge in [-0.15, -0.1) is 12.6 Å². The number of benzene rings is 1. The summed E-state index contributed by atoms with van der Waals surface area (Å²) in [4.78, 5) is 10.0. The van der Waals surface area contributed by atoms with E-state index in [9.17, 15) is 18.0 Å². The van der Waals surface area contributed by atoms with Gasteiger partial charge in [0.1, 0.15) is 6.29 Å². The number of carbonyl (C=O) groups excluding carboxylic acids is 1. The third-order valence-corrected chi connectivity index (χ3v) is 1.85. The Hall–Kier alpha value is -0.970. The SMILES string of the molecule is O=Cc1ccc(S)c(C(F)(F)F)c1. The Labute approximate surface area is 78.0 Å². The third-order valence-electron chi connectivity index (χ3n) is 1.46. The number of carbonyl (C=O) groups is 1. The maximum Gasteiger partial charge on any atom is 0.417 e. The van der Waals surface area contributed by atoms with Crippen LogP contribution in [-0.4, -0.2) is 6.29 Å². The minimum Gasteiger partial charge on any atom is -0.298 e. The molecule has 0 fully saturated rings. The molecule has 0 radical (unpaired) electrons. The normalized spacial score (nSPS) is 11.4. The lowest BCUT2D eigenvalue weighted by atomic mass is 10.1. The van der Waals surface area contributed by atoms with Crippen molar-refractivity contribution in [2.75, 3.05) is 0 Å². The van der Waals surface area contributed by atoms with Crippen LogP contribution < -0.4 is 0 Å². The molecule has 0 saturated carbocycles. The number of halogens is 3. The van der Waals surface area contributed by atoms with E-state index in [1.54, 1.807) is 0 Å². The number of hydrogen-bond donors (Lipinski definition) is 1. The van der Waals surface area contributed by atoms with E-state index in [2.05, 4.69) is 12.6 Å². The molecule has 0 saturated heterocycles. The highest BCUT2D eigenvalue weighted by Gasteiger charge is 2.32. The van der Waals surface area contributed by atoms with Crippen molar-refractivity contribution in [1.29, 1.82) is 0 Å². The number of rotatable bonds is 1. The van der Waals surface area contributed by atoms with Crippen LogP contribution in [0.4, 0.5) is 13.2 Å². The molecule has 13 heavy (non-hydrogen) atoms. The van der Waals surface area contributed by atoms with E-state index in [0.29, 0.717) is 6.29 Å². The third kappa shape index (κ3) is 2.24. The summed E-state index contributed by atoms with van der Waals surface area (Å²) in [5.74, 6) is 0. The maximum atomic E-state index is 12.2. The van der Waals surface area contributed by atoms with E-state index in [1.807, 2.05) is 0 Å². The quantitative estimate of drug-likeness (QED) is 0.552. The van der Waals surface area contributed by atoms with Crippen molar-refractivity contribution in [3.63, 3.8) is 0 Å². The van der Waals surface area contributed by atoms with Gasteiger partial charge in [0.2, 0.25) is 0 Å². The summed E-state index contributed by atoms with van der Waals surface area (Å²) in [6, 6.07) is 3.20. The molecule has 1 nitrogen and oxygen atoms in total. The van der Waals surface area contributed by atoms with E-state index in [4.69, 9.17) is 0 Å². The second kappa shape index (κ2) is 3.41. The molecule has 1 rings (SSSR count). The van der Waals surface area contributed by atoms with E-state index in [1.165, 1.54) is 6.07 Å². The summed E-state index contributed by atoms with van der Waals surface area (Å²) >= 11 is 3.64. The molecule has 0 heterocycles. The molecule has 0 aliphatic rings. The largest absolute Gasteiger partial charge is 0.417 e. The second-order valence-electron chi connectivity index (χ2n) is 2.39. The predicted octanol–water partition coefficient (Wildman–Crippen LogP) is 2.81. The van der Waals surface area contributed by atoms with Gasteiger partial charge in [0, 0.05) is 10.5 Å². The molecule has 1 aromatic carbocycles. The first-order chi connectivity index (χ1) is 5.95. The van der Waals surface area contributed by atoms with Crippen LogP contribution in [0.2, 0.25) is 0 Å². The van der Waals surface area contributed by atoms with Crippen LogP contribution in [0.5, 0.6) is 0 Å². The van der Waals surface area contributed by atoms with Gasteiger partial charge in [-0.3, -0.25) is 4.79 Å². The summed E-state index contributed by atoms with van der Waals surface area (Å²) in [6.07, 6.45) is -4.10. The minimum absolute atomic E-state index is 0.00914. The average molecular weight is 206 g/mol. The molecule has 70 valence electrons. The van der Waals surface area contributed by atoms with E-state index >= 15 is 0 Å².